The van der Waals surface area contributed by atoms with Crippen LogP contribution in [0.4, 0.5) is 0 Å². The topological polar surface area (TPSA) is 24.9 Å². The first kappa shape index (κ1) is 12.8. The number of likely N-dealkylation sites (N-methyl/N-ethyl adjacent to an activating group) is 1. The highest BCUT2D eigenvalue weighted by Gasteiger charge is 2.17. The highest BCUT2D eigenvalue weighted by atomic mass is 32.1. The zero-order valence-corrected chi connectivity index (χ0v) is 11.6. The van der Waals surface area contributed by atoms with Crippen molar-refractivity contribution in [1.29, 1.82) is 0 Å². The van der Waals surface area contributed by atoms with Gasteiger partial charge in [-0.25, -0.2) is 4.98 Å². The molecule has 1 aromatic heterocycles. The minimum atomic E-state index is 0.388. The molecule has 94 valence electrons. The summed E-state index contributed by atoms with van der Waals surface area (Å²) in [5.74, 6) is 0. The zero-order chi connectivity index (χ0) is 12.1. The number of allylic oxidation sites excluding steroid dienone is 1. The maximum Gasteiger partial charge on any atom is 0.0897 e. The van der Waals surface area contributed by atoms with E-state index < -0.39 is 0 Å². The van der Waals surface area contributed by atoms with E-state index in [1.165, 1.54) is 43.4 Å². The Kier molecular flexibility index (Phi) is 4.75. The molecule has 1 aliphatic carbocycles. The quantitative estimate of drug-likeness (QED) is 0.820. The Morgan fingerprint density at radius 1 is 1.29 bits per heavy atom. The van der Waals surface area contributed by atoms with Crippen LogP contribution in [0, 0.1) is 6.92 Å². The van der Waals surface area contributed by atoms with Crippen molar-refractivity contribution in [3.63, 3.8) is 0 Å². The van der Waals surface area contributed by atoms with E-state index in [1.54, 1.807) is 5.57 Å². The number of nitrogens with one attached hydrogen (secondary N) is 1. The van der Waals surface area contributed by atoms with Crippen LogP contribution in [0.2, 0.25) is 0 Å². The Labute approximate surface area is 108 Å². The standard InChI is InChI=1S/C14H22N2S/c1-11-16-10-13(17-11)14(15-2)12-8-6-4-3-5-7-9-12/h8,10,14-15H,3-7,9H2,1-2H3. The first-order valence-corrected chi connectivity index (χ1v) is 7.41. The van der Waals surface area contributed by atoms with Crippen LogP contribution in [0.25, 0.3) is 0 Å². The van der Waals surface area contributed by atoms with Gasteiger partial charge in [-0.05, 0) is 39.7 Å². The van der Waals surface area contributed by atoms with Crippen LogP contribution >= 0.6 is 11.3 Å². The molecule has 0 amide bonds. The van der Waals surface area contributed by atoms with E-state index in [9.17, 15) is 0 Å². The van der Waals surface area contributed by atoms with Crippen molar-refractivity contribution in [2.24, 2.45) is 0 Å². The summed E-state index contributed by atoms with van der Waals surface area (Å²) in [7, 11) is 2.05. The molecule has 2 rings (SSSR count). The average molecular weight is 250 g/mol. The predicted molar refractivity (Wildman–Crippen MR) is 74.4 cm³/mol. The lowest BCUT2D eigenvalue weighted by Gasteiger charge is -2.20. The summed E-state index contributed by atoms with van der Waals surface area (Å²) in [6, 6.07) is 0.388. The molecule has 0 saturated carbocycles. The lowest BCUT2D eigenvalue weighted by Crippen LogP contribution is -2.18. The van der Waals surface area contributed by atoms with Crippen molar-refractivity contribution in [3.05, 3.63) is 27.7 Å². The summed E-state index contributed by atoms with van der Waals surface area (Å²) < 4.78 is 0. The van der Waals surface area contributed by atoms with E-state index in [4.69, 9.17) is 0 Å². The Morgan fingerprint density at radius 2 is 2.12 bits per heavy atom. The van der Waals surface area contributed by atoms with Gasteiger partial charge >= 0.3 is 0 Å². The molecule has 2 nitrogen and oxygen atoms in total. The molecule has 0 saturated heterocycles. The Bertz CT molecular complexity index is 381. The van der Waals surface area contributed by atoms with Crippen LogP contribution in [-0.2, 0) is 0 Å². The third-order valence-electron chi connectivity index (χ3n) is 3.41. The fourth-order valence-corrected chi connectivity index (χ4v) is 3.44. The van der Waals surface area contributed by atoms with Crippen LogP contribution in [0.15, 0.2) is 17.8 Å². The van der Waals surface area contributed by atoms with Crippen LogP contribution in [0.1, 0.15) is 54.5 Å². The van der Waals surface area contributed by atoms with Gasteiger partial charge in [-0.2, -0.15) is 0 Å². The van der Waals surface area contributed by atoms with E-state index in [-0.39, 0.29) is 0 Å². The van der Waals surface area contributed by atoms with Gasteiger partial charge in [0.25, 0.3) is 0 Å². The second kappa shape index (κ2) is 6.31. The van der Waals surface area contributed by atoms with Crippen molar-refractivity contribution in [3.8, 4) is 0 Å². The molecule has 17 heavy (non-hydrogen) atoms. The van der Waals surface area contributed by atoms with Gasteiger partial charge in [-0.1, -0.05) is 24.5 Å². The number of nitrogens with zero attached hydrogens (tertiary/aromatic N) is 1. The van der Waals surface area contributed by atoms with Gasteiger partial charge < -0.3 is 5.32 Å². The van der Waals surface area contributed by atoms with Gasteiger partial charge in [0.15, 0.2) is 0 Å². The second-order valence-corrected chi connectivity index (χ2v) is 6.00. The summed E-state index contributed by atoms with van der Waals surface area (Å²) >= 11 is 1.81. The zero-order valence-electron chi connectivity index (χ0n) is 10.8. The number of rotatable bonds is 3. The van der Waals surface area contributed by atoms with Gasteiger partial charge in [0.05, 0.1) is 11.0 Å². The van der Waals surface area contributed by atoms with Crippen LogP contribution in [-0.4, -0.2) is 12.0 Å². The molecule has 1 atom stereocenters. The molecule has 0 aromatic carbocycles. The molecule has 0 aliphatic heterocycles. The largest absolute Gasteiger partial charge is 0.309 e. The van der Waals surface area contributed by atoms with Crippen LogP contribution in [0.5, 0.6) is 0 Å². The molecular weight excluding hydrogens is 228 g/mol. The van der Waals surface area contributed by atoms with E-state index in [2.05, 4.69) is 30.3 Å². The molecule has 1 aliphatic rings. The number of hydrogen-bond donors (Lipinski definition) is 1. The van der Waals surface area contributed by atoms with Crippen LogP contribution in [0.3, 0.4) is 0 Å². The Hall–Kier alpha value is -0.670. The highest BCUT2D eigenvalue weighted by molar-refractivity contribution is 7.11. The number of aromatic nitrogens is 1. The fraction of sp³-hybridized carbons (Fsp3) is 0.643. The highest BCUT2D eigenvalue weighted by Crippen LogP contribution is 2.31. The second-order valence-electron chi connectivity index (χ2n) is 4.74. The number of hydrogen-bond acceptors (Lipinski definition) is 3. The van der Waals surface area contributed by atoms with E-state index in [1.807, 2.05) is 17.5 Å². The Balaban J connectivity index is 2.16. The van der Waals surface area contributed by atoms with Gasteiger partial charge in [-0.15, -0.1) is 11.3 Å². The maximum absolute atomic E-state index is 4.37. The first-order valence-electron chi connectivity index (χ1n) is 6.60. The van der Waals surface area contributed by atoms with Crippen molar-refractivity contribution >= 4 is 11.3 Å². The minimum absolute atomic E-state index is 0.388. The van der Waals surface area contributed by atoms with Gasteiger partial charge in [-0.3, -0.25) is 0 Å². The monoisotopic (exact) mass is 250 g/mol. The van der Waals surface area contributed by atoms with E-state index >= 15 is 0 Å². The third-order valence-corrected chi connectivity index (χ3v) is 4.39. The van der Waals surface area contributed by atoms with Crippen molar-refractivity contribution in [2.45, 2.75) is 51.5 Å². The molecule has 0 spiro atoms. The van der Waals surface area contributed by atoms with Crippen molar-refractivity contribution in [2.75, 3.05) is 7.05 Å². The molecule has 3 heteroatoms. The summed E-state index contributed by atoms with van der Waals surface area (Å²) in [5, 5.41) is 4.61. The molecule has 1 unspecified atom stereocenters. The number of aryl methyl sites for hydroxylation is 1. The minimum Gasteiger partial charge on any atom is -0.309 e. The van der Waals surface area contributed by atoms with Crippen LogP contribution < -0.4 is 5.32 Å². The lowest BCUT2D eigenvalue weighted by molar-refractivity contribution is 0.577. The molecule has 0 radical (unpaired) electrons. The predicted octanol–water partition coefficient (Wildman–Crippen LogP) is 3.99. The SMILES string of the molecule is CNC(C1=CCCCCCC1)c1cnc(C)s1. The van der Waals surface area contributed by atoms with Crippen molar-refractivity contribution in [1.82, 2.24) is 10.3 Å². The fourth-order valence-electron chi connectivity index (χ4n) is 2.50. The normalized spacial score (nSPS) is 19.3. The van der Waals surface area contributed by atoms with Crippen molar-refractivity contribution < 1.29 is 0 Å². The Morgan fingerprint density at radius 3 is 2.82 bits per heavy atom. The summed E-state index contributed by atoms with van der Waals surface area (Å²) in [6.45, 7) is 2.08. The summed E-state index contributed by atoms with van der Waals surface area (Å²) in [6.07, 6.45) is 12.4. The molecule has 1 aromatic rings. The smallest absolute Gasteiger partial charge is 0.0897 e. The van der Waals surface area contributed by atoms with Gasteiger partial charge in [0.2, 0.25) is 0 Å². The maximum atomic E-state index is 4.37. The molecule has 1 N–H and O–H groups in total. The van der Waals surface area contributed by atoms with E-state index in [0.717, 1.165) is 5.01 Å². The van der Waals surface area contributed by atoms with Gasteiger partial charge in [0.1, 0.15) is 0 Å². The van der Waals surface area contributed by atoms with E-state index in [0.29, 0.717) is 6.04 Å². The van der Waals surface area contributed by atoms with Gasteiger partial charge in [0, 0.05) is 11.1 Å². The lowest BCUT2D eigenvalue weighted by atomic mass is 9.94. The first-order chi connectivity index (χ1) is 8.31. The molecule has 0 fully saturated rings. The summed E-state index contributed by atoms with van der Waals surface area (Å²) in [4.78, 5) is 5.73. The molecule has 0 bridgehead atoms. The molecule has 1 heterocycles. The third kappa shape index (κ3) is 3.39. The molecular formula is C14H22N2S. The number of thiazole rings is 1. The summed E-state index contributed by atoms with van der Waals surface area (Å²) in [5.41, 5.74) is 1.57. The average Bonchev–Trinajstić information content (AvgIpc) is 2.68.